The summed E-state index contributed by atoms with van der Waals surface area (Å²) in [6.07, 6.45) is 1.20. The lowest BCUT2D eigenvalue weighted by Crippen LogP contribution is -2.46. The lowest BCUT2D eigenvalue weighted by atomic mass is 10.0. The zero-order valence-electron chi connectivity index (χ0n) is 12.0. The van der Waals surface area contributed by atoms with Crippen molar-refractivity contribution in [2.45, 2.75) is 49.1 Å². The van der Waals surface area contributed by atoms with Gasteiger partial charge in [-0.15, -0.1) is 0 Å². The zero-order chi connectivity index (χ0) is 16.1. The van der Waals surface area contributed by atoms with Crippen molar-refractivity contribution in [1.82, 2.24) is 16.1 Å². The second-order valence-electron chi connectivity index (χ2n) is 5.36. The molecule has 0 saturated carbocycles. The van der Waals surface area contributed by atoms with Gasteiger partial charge in [-0.2, -0.15) is 11.8 Å². The Morgan fingerprint density at radius 3 is 2.86 bits per heavy atom. The van der Waals surface area contributed by atoms with Crippen molar-refractivity contribution in [2.75, 3.05) is 5.75 Å². The first-order valence-corrected chi connectivity index (χ1v) is 8.19. The average molecular weight is 331 g/mol. The van der Waals surface area contributed by atoms with Crippen LogP contribution in [0.4, 0.5) is 4.79 Å². The Morgan fingerprint density at radius 1 is 1.41 bits per heavy atom. The Bertz CT molecular complexity index is 449. The van der Waals surface area contributed by atoms with Gasteiger partial charge in [0.05, 0.1) is 12.1 Å². The van der Waals surface area contributed by atoms with Gasteiger partial charge < -0.3 is 10.6 Å². The predicted molar refractivity (Wildman–Crippen MR) is 80.4 cm³/mol. The van der Waals surface area contributed by atoms with E-state index in [1.54, 1.807) is 0 Å². The van der Waals surface area contributed by atoms with E-state index in [4.69, 9.17) is 11.7 Å². The fraction of sp³-hybridized carbons (Fsp3) is 0.750. The Hall–Kier alpha value is -1.36. The predicted octanol–water partition coefficient (Wildman–Crippen LogP) is -1.47. The smallest absolute Gasteiger partial charge is 0.315 e. The number of thioether (sulfide) groups is 1. The van der Waals surface area contributed by atoms with Crippen molar-refractivity contribution in [2.24, 2.45) is 11.7 Å². The van der Waals surface area contributed by atoms with Gasteiger partial charge in [0, 0.05) is 17.4 Å². The number of rotatable bonds is 8. The molecule has 0 bridgehead atoms. The number of Topliss-reactive ketones (excluding diaryl/α,β-unsaturated/α-hetero) is 1. The maximum atomic E-state index is 11.8. The molecular formula is C12H21N5O4S. The molecule has 0 aromatic rings. The van der Waals surface area contributed by atoms with Crippen LogP contribution in [0.15, 0.2) is 0 Å². The van der Waals surface area contributed by atoms with Crippen LogP contribution in [-0.4, -0.2) is 46.9 Å². The van der Waals surface area contributed by atoms with Crippen LogP contribution in [0.3, 0.4) is 0 Å². The summed E-state index contributed by atoms with van der Waals surface area (Å²) in [4.78, 5) is 38.7. The normalized spacial score (nSPS) is 27.7. The second kappa shape index (κ2) is 7.77. The van der Waals surface area contributed by atoms with Crippen LogP contribution in [0.5, 0.6) is 0 Å². The molecule has 22 heavy (non-hydrogen) atoms. The number of amides is 3. The molecule has 7 N–H and O–H groups in total. The van der Waals surface area contributed by atoms with Crippen LogP contribution in [0.25, 0.3) is 0 Å². The van der Waals surface area contributed by atoms with Crippen LogP contribution in [0, 0.1) is 0 Å². The van der Waals surface area contributed by atoms with Crippen molar-refractivity contribution < 1.29 is 19.2 Å². The third-order valence-electron chi connectivity index (χ3n) is 3.91. The SMILES string of the molecule is NNC(=O)C(ON)C(=O)CCCC[C@@H]1SC[C@@H]2NC(=O)N[C@@H]21. The number of carbonyl (C=O) groups is 3. The van der Waals surface area contributed by atoms with Gasteiger partial charge in [0.25, 0.3) is 5.91 Å². The number of hydrogen-bond acceptors (Lipinski definition) is 7. The van der Waals surface area contributed by atoms with E-state index < -0.39 is 17.8 Å². The second-order valence-corrected chi connectivity index (χ2v) is 6.63. The number of ketones is 1. The summed E-state index contributed by atoms with van der Waals surface area (Å²) in [6.45, 7) is 0. The number of hydrazine groups is 1. The molecule has 0 radical (unpaired) electrons. The van der Waals surface area contributed by atoms with Crippen molar-refractivity contribution in [3.8, 4) is 0 Å². The number of nitrogens with one attached hydrogen (secondary N) is 3. The molecule has 2 rings (SSSR count). The molecule has 0 aromatic carbocycles. The molecule has 9 nitrogen and oxygen atoms in total. The highest BCUT2D eigenvalue weighted by atomic mass is 32.2. The summed E-state index contributed by atoms with van der Waals surface area (Å²) >= 11 is 1.83. The van der Waals surface area contributed by atoms with E-state index in [1.807, 2.05) is 17.2 Å². The van der Waals surface area contributed by atoms with Crippen LogP contribution in [-0.2, 0) is 14.4 Å². The van der Waals surface area contributed by atoms with E-state index in [9.17, 15) is 14.4 Å². The maximum Gasteiger partial charge on any atom is 0.315 e. The molecule has 0 aliphatic carbocycles. The van der Waals surface area contributed by atoms with E-state index >= 15 is 0 Å². The quantitative estimate of drug-likeness (QED) is 0.0910. The number of nitrogens with two attached hydrogens (primary N) is 2. The van der Waals surface area contributed by atoms with Gasteiger partial charge in [-0.05, 0) is 12.8 Å². The lowest BCUT2D eigenvalue weighted by Gasteiger charge is -2.16. The van der Waals surface area contributed by atoms with Crippen molar-refractivity contribution in [3.63, 3.8) is 0 Å². The Balaban J connectivity index is 1.68. The molecule has 2 aliphatic rings. The molecule has 0 spiro atoms. The third kappa shape index (κ3) is 3.88. The highest BCUT2D eigenvalue weighted by Crippen LogP contribution is 2.33. The highest BCUT2D eigenvalue weighted by molar-refractivity contribution is 8.00. The van der Waals surface area contributed by atoms with E-state index in [-0.39, 0.29) is 24.5 Å². The minimum Gasteiger partial charge on any atom is -0.332 e. The van der Waals surface area contributed by atoms with Gasteiger partial charge in [0.1, 0.15) is 0 Å². The molecule has 1 unspecified atom stereocenters. The zero-order valence-corrected chi connectivity index (χ0v) is 12.9. The van der Waals surface area contributed by atoms with Gasteiger partial charge in [0.15, 0.2) is 5.78 Å². The first kappa shape index (κ1) is 17.0. The molecule has 0 aromatic heterocycles. The summed E-state index contributed by atoms with van der Waals surface area (Å²) in [7, 11) is 0. The Morgan fingerprint density at radius 2 is 2.18 bits per heavy atom. The van der Waals surface area contributed by atoms with Crippen molar-refractivity contribution in [3.05, 3.63) is 0 Å². The largest absolute Gasteiger partial charge is 0.332 e. The maximum absolute atomic E-state index is 11.8. The topological polar surface area (TPSA) is 149 Å². The monoisotopic (exact) mass is 331 g/mol. The van der Waals surface area contributed by atoms with Gasteiger partial charge in [0.2, 0.25) is 6.10 Å². The molecule has 10 heteroatoms. The third-order valence-corrected chi connectivity index (χ3v) is 5.42. The first-order valence-electron chi connectivity index (χ1n) is 7.14. The summed E-state index contributed by atoms with van der Waals surface area (Å²) in [5, 5.41) is 6.16. The van der Waals surface area contributed by atoms with E-state index in [0.717, 1.165) is 18.6 Å². The Kier molecular flexibility index (Phi) is 6.00. The first-order chi connectivity index (χ1) is 10.6. The standard InChI is InChI=1S/C12H21N5O4S/c13-17-11(19)10(21-14)7(18)3-1-2-4-8-9-6(5-22-8)15-12(20)16-9/h6,8-10H,1-5,13-14H2,(H,17,19)(H2,15,16,20)/t6-,8-,9-,10?/m0/s1. The summed E-state index contributed by atoms with van der Waals surface area (Å²) in [5.41, 5.74) is 1.85. The minimum absolute atomic E-state index is 0.105. The van der Waals surface area contributed by atoms with Crippen LogP contribution in [0.1, 0.15) is 25.7 Å². The van der Waals surface area contributed by atoms with Gasteiger partial charge in [-0.3, -0.25) is 19.9 Å². The lowest BCUT2D eigenvalue weighted by molar-refractivity contribution is -0.144. The van der Waals surface area contributed by atoms with Crippen molar-refractivity contribution in [1.29, 1.82) is 0 Å². The fourth-order valence-corrected chi connectivity index (χ4v) is 4.32. The van der Waals surface area contributed by atoms with E-state index in [0.29, 0.717) is 11.7 Å². The summed E-state index contributed by atoms with van der Waals surface area (Å²) in [6, 6.07) is 0.259. The van der Waals surface area contributed by atoms with E-state index in [2.05, 4.69) is 15.5 Å². The molecule has 2 saturated heterocycles. The minimum atomic E-state index is -1.35. The van der Waals surface area contributed by atoms with Gasteiger partial charge in [-0.25, -0.2) is 16.5 Å². The average Bonchev–Trinajstić information content (AvgIpc) is 3.03. The number of urea groups is 1. The molecule has 124 valence electrons. The highest BCUT2D eigenvalue weighted by Gasteiger charge is 2.42. The molecule has 2 aliphatic heterocycles. The molecule has 4 atom stereocenters. The fourth-order valence-electron chi connectivity index (χ4n) is 2.78. The van der Waals surface area contributed by atoms with Crippen LogP contribution < -0.4 is 27.8 Å². The molecule has 2 heterocycles. The van der Waals surface area contributed by atoms with Crippen LogP contribution in [0.2, 0.25) is 0 Å². The van der Waals surface area contributed by atoms with Crippen LogP contribution >= 0.6 is 11.8 Å². The number of unbranched alkanes of at least 4 members (excludes halogenated alkanes) is 1. The van der Waals surface area contributed by atoms with E-state index in [1.165, 1.54) is 0 Å². The number of fused-ring (bicyclic) bond motifs is 1. The van der Waals surface area contributed by atoms with Gasteiger partial charge in [-0.1, -0.05) is 6.42 Å². The Labute approximate surface area is 132 Å². The number of carbonyl (C=O) groups excluding carboxylic acids is 3. The number of hydrogen-bond donors (Lipinski definition) is 5. The van der Waals surface area contributed by atoms with Crippen molar-refractivity contribution >= 4 is 29.5 Å². The summed E-state index contributed by atoms with van der Waals surface area (Å²) < 4.78 is 0. The molecule has 3 amide bonds. The molecule has 2 fully saturated rings. The summed E-state index contributed by atoms with van der Waals surface area (Å²) in [5.74, 6) is 9.66. The van der Waals surface area contributed by atoms with Gasteiger partial charge >= 0.3 is 6.03 Å². The molecular weight excluding hydrogens is 310 g/mol.